The molecular weight excluding hydrogens is 478 g/mol. The van der Waals surface area contributed by atoms with Crippen molar-refractivity contribution in [3.63, 3.8) is 0 Å². The van der Waals surface area contributed by atoms with Crippen molar-refractivity contribution in [2.75, 3.05) is 24.1 Å². The van der Waals surface area contributed by atoms with Crippen molar-refractivity contribution in [2.45, 2.75) is 42.7 Å². The van der Waals surface area contributed by atoms with E-state index in [1.165, 1.54) is 24.1 Å². The summed E-state index contributed by atoms with van der Waals surface area (Å²) in [6.45, 7) is 0. The van der Waals surface area contributed by atoms with E-state index in [2.05, 4.69) is 44.0 Å². The van der Waals surface area contributed by atoms with Crippen LogP contribution in [0.4, 0.5) is 20.4 Å². The molecule has 1 aliphatic carbocycles. The Morgan fingerprint density at radius 3 is 2.58 bits per heavy atom. The highest BCUT2D eigenvalue weighted by Gasteiger charge is 2.23. The Bertz CT molecular complexity index is 1340. The van der Waals surface area contributed by atoms with E-state index in [9.17, 15) is 4.39 Å². The predicted molar refractivity (Wildman–Crippen MR) is 142 cm³/mol. The van der Waals surface area contributed by atoms with Crippen molar-refractivity contribution >= 4 is 34.5 Å². The van der Waals surface area contributed by atoms with Gasteiger partial charge in [0, 0.05) is 41.0 Å². The van der Waals surface area contributed by atoms with Crippen LogP contribution in [0.3, 0.4) is 0 Å². The van der Waals surface area contributed by atoms with Crippen LogP contribution in [-0.4, -0.2) is 46.0 Å². The lowest BCUT2D eigenvalue weighted by atomic mass is 9.91. The average molecular weight is 507 g/mol. The molecule has 0 saturated heterocycles. The molecule has 9 heteroatoms. The molecule has 0 atom stereocenters. The highest BCUT2D eigenvalue weighted by Crippen LogP contribution is 2.34. The SMILES string of the molecule is CN(C)C1CCC(Nc2ncc3cc(-c4c(F)ccc(NSc5cccnc5)c4F)ccc3n2)CC1. The zero-order valence-electron chi connectivity index (χ0n) is 20.2. The van der Waals surface area contributed by atoms with Gasteiger partial charge in [-0.25, -0.2) is 18.7 Å². The fourth-order valence-corrected chi connectivity index (χ4v) is 5.24. The number of benzene rings is 2. The number of aromatic nitrogens is 3. The Hall–Kier alpha value is -3.30. The summed E-state index contributed by atoms with van der Waals surface area (Å²) in [6.07, 6.45) is 9.48. The summed E-state index contributed by atoms with van der Waals surface area (Å²) < 4.78 is 33.1. The third-order valence-corrected chi connectivity index (χ3v) is 7.43. The summed E-state index contributed by atoms with van der Waals surface area (Å²) in [7, 11) is 4.26. The van der Waals surface area contributed by atoms with Gasteiger partial charge in [-0.15, -0.1) is 0 Å². The van der Waals surface area contributed by atoms with Gasteiger partial charge in [0.25, 0.3) is 0 Å². The molecule has 0 bridgehead atoms. The second-order valence-electron chi connectivity index (χ2n) is 9.26. The number of hydrogen-bond acceptors (Lipinski definition) is 7. The van der Waals surface area contributed by atoms with Crippen LogP contribution in [0.25, 0.3) is 22.0 Å². The van der Waals surface area contributed by atoms with Crippen LogP contribution in [0, 0.1) is 11.6 Å². The normalized spacial score (nSPS) is 17.9. The van der Waals surface area contributed by atoms with Crippen LogP contribution in [0.15, 0.2) is 66.0 Å². The largest absolute Gasteiger partial charge is 0.351 e. The van der Waals surface area contributed by atoms with Crippen molar-refractivity contribution in [3.05, 3.63) is 72.7 Å². The molecule has 0 radical (unpaired) electrons. The Labute approximate surface area is 213 Å². The van der Waals surface area contributed by atoms with Crippen molar-refractivity contribution in [3.8, 4) is 11.1 Å². The van der Waals surface area contributed by atoms with Gasteiger partial charge in [-0.3, -0.25) is 4.98 Å². The summed E-state index contributed by atoms with van der Waals surface area (Å²) in [5.41, 5.74) is 1.26. The van der Waals surface area contributed by atoms with Gasteiger partial charge < -0.3 is 14.9 Å². The highest BCUT2D eigenvalue weighted by molar-refractivity contribution is 8.00. The second-order valence-corrected chi connectivity index (χ2v) is 10.1. The molecular formula is C27H28F2N6S. The van der Waals surface area contributed by atoms with Crippen molar-refractivity contribution < 1.29 is 8.78 Å². The molecule has 36 heavy (non-hydrogen) atoms. The molecule has 1 aliphatic rings. The van der Waals surface area contributed by atoms with E-state index in [0.29, 0.717) is 23.6 Å². The van der Waals surface area contributed by atoms with Crippen LogP contribution in [-0.2, 0) is 0 Å². The van der Waals surface area contributed by atoms with Crippen molar-refractivity contribution in [2.24, 2.45) is 0 Å². The first-order chi connectivity index (χ1) is 17.5. The van der Waals surface area contributed by atoms with Gasteiger partial charge in [0.05, 0.1) is 16.8 Å². The van der Waals surface area contributed by atoms with Gasteiger partial charge in [-0.1, -0.05) is 6.07 Å². The first kappa shape index (κ1) is 24.4. The van der Waals surface area contributed by atoms with E-state index in [0.717, 1.165) is 41.5 Å². The van der Waals surface area contributed by atoms with E-state index in [4.69, 9.17) is 0 Å². The summed E-state index contributed by atoms with van der Waals surface area (Å²) in [4.78, 5) is 16.3. The third-order valence-electron chi connectivity index (χ3n) is 6.63. The molecule has 2 N–H and O–H groups in total. The van der Waals surface area contributed by atoms with Crippen LogP contribution < -0.4 is 10.0 Å². The lowest BCUT2D eigenvalue weighted by molar-refractivity contribution is 0.221. The van der Waals surface area contributed by atoms with E-state index < -0.39 is 11.6 Å². The maximum absolute atomic E-state index is 15.3. The van der Waals surface area contributed by atoms with Crippen LogP contribution in [0.1, 0.15) is 25.7 Å². The first-order valence-electron chi connectivity index (χ1n) is 12.0. The summed E-state index contributed by atoms with van der Waals surface area (Å²) >= 11 is 1.21. The monoisotopic (exact) mass is 506 g/mol. The topological polar surface area (TPSA) is 66.0 Å². The highest BCUT2D eigenvalue weighted by atomic mass is 32.2. The van der Waals surface area contributed by atoms with Crippen LogP contribution >= 0.6 is 11.9 Å². The Morgan fingerprint density at radius 2 is 1.83 bits per heavy atom. The van der Waals surface area contributed by atoms with Gasteiger partial charge in [0.1, 0.15) is 5.82 Å². The summed E-state index contributed by atoms with van der Waals surface area (Å²) in [5, 5.41) is 4.17. The number of fused-ring (bicyclic) bond motifs is 1. The minimum absolute atomic E-state index is 0.0893. The minimum Gasteiger partial charge on any atom is -0.351 e. The van der Waals surface area contributed by atoms with Crippen LogP contribution in [0.2, 0.25) is 0 Å². The number of nitrogens with one attached hydrogen (secondary N) is 2. The minimum atomic E-state index is -0.654. The molecule has 0 amide bonds. The van der Waals surface area contributed by atoms with Gasteiger partial charge in [-0.2, -0.15) is 0 Å². The zero-order chi connectivity index (χ0) is 25.1. The van der Waals surface area contributed by atoms with Gasteiger partial charge in [0.2, 0.25) is 5.95 Å². The standard InChI is InChI=1S/C27H28F2N6S/c1-35(2)20-8-6-19(7-9-20)32-27-31-15-18-14-17(5-11-23(18)33-27)25-22(28)10-12-24(26(25)29)34-36-21-4-3-13-30-16-21/h3-5,10-16,19-20,34H,6-9H2,1-2H3,(H,31,32,33). The summed E-state index contributed by atoms with van der Waals surface area (Å²) in [6, 6.07) is 12.5. The summed E-state index contributed by atoms with van der Waals surface area (Å²) in [5.74, 6) is -0.700. The number of hydrogen-bond donors (Lipinski definition) is 2. The zero-order valence-corrected chi connectivity index (χ0v) is 21.0. The molecule has 0 unspecified atom stereocenters. The molecule has 2 heterocycles. The third kappa shape index (κ3) is 5.42. The van der Waals surface area contributed by atoms with E-state index >= 15 is 4.39 Å². The maximum atomic E-state index is 15.3. The Balaban J connectivity index is 1.33. The predicted octanol–water partition coefficient (Wildman–Crippen LogP) is 6.37. The van der Waals surface area contributed by atoms with E-state index in [1.807, 2.05) is 6.07 Å². The molecule has 1 fully saturated rings. The molecule has 1 saturated carbocycles. The van der Waals surface area contributed by atoms with Gasteiger partial charge in [0.15, 0.2) is 5.82 Å². The van der Waals surface area contributed by atoms with Gasteiger partial charge in [-0.05, 0) is 93.7 Å². The molecule has 0 aliphatic heterocycles. The molecule has 186 valence electrons. The van der Waals surface area contributed by atoms with Gasteiger partial charge >= 0.3 is 0 Å². The number of rotatable bonds is 7. The maximum Gasteiger partial charge on any atom is 0.223 e. The first-order valence-corrected chi connectivity index (χ1v) is 12.8. The number of halogens is 2. The van der Waals surface area contributed by atoms with Crippen molar-refractivity contribution in [1.29, 1.82) is 0 Å². The van der Waals surface area contributed by atoms with Crippen LogP contribution in [0.5, 0.6) is 0 Å². The quantitative estimate of drug-likeness (QED) is 0.282. The molecule has 4 aromatic rings. The van der Waals surface area contributed by atoms with Crippen molar-refractivity contribution in [1.82, 2.24) is 19.9 Å². The fourth-order valence-electron chi connectivity index (χ4n) is 4.59. The molecule has 5 rings (SSSR count). The number of anilines is 2. The molecule has 2 aromatic carbocycles. The fraction of sp³-hybridized carbons (Fsp3) is 0.296. The smallest absolute Gasteiger partial charge is 0.223 e. The Kier molecular flexibility index (Phi) is 7.29. The average Bonchev–Trinajstić information content (AvgIpc) is 2.89. The molecule has 6 nitrogen and oxygen atoms in total. The van der Waals surface area contributed by atoms with E-state index in [1.54, 1.807) is 42.9 Å². The molecule has 2 aromatic heterocycles. The van der Waals surface area contributed by atoms with E-state index in [-0.39, 0.29) is 11.3 Å². The number of nitrogens with zero attached hydrogens (tertiary/aromatic N) is 4. The second kappa shape index (κ2) is 10.8. The number of pyridine rings is 1. The molecule has 0 spiro atoms. The lowest BCUT2D eigenvalue weighted by Crippen LogP contribution is -2.36. The lowest BCUT2D eigenvalue weighted by Gasteiger charge is -2.32. The Morgan fingerprint density at radius 1 is 1.00 bits per heavy atom.